The zero-order valence-corrected chi connectivity index (χ0v) is 18.7. The van der Waals surface area contributed by atoms with Gasteiger partial charge in [-0.15, -0.1) is 0 Å². The Morgan fingerprint density at radius 2 is 1.77 bits per heavy atom. The third-order valence-electron chi connectivity index (χ3n) is 4.97. The number of amides is 2. The van der Waals surface area contributed by atoms with Crippen LogP contribution in [0.25, 0.3) is 0 Å². The predicted molar refractivity (Wildman–Crippen MR) is 112 cm³/mol. The van der Waals surface area contributed by atoms with E-state index in [0.29, 0.717) is 0 Å². The molecule has 0 bridgehead atoms. The number of rotatable bonds is 9. The van der Waals surface area contributed by atoms with Gasteiger partial charge in [-0.2, -0.15) is 26.3 Å². The van der Waals surface area contributed by atoms with E-state index in [1.807, 2.05) is 0 Å². The van der Waals surface area contributed by atoms with Crippen LogP contribution >= 0.6 is 0 Å². The minimum absolute atomic E-state index is 0.158. The third-order valence-corrected chi connectivity index (χ3v) is 4.97. The SMILES string of the molecule is CCN(C(=O)O)C(Cc1ccccc1C(F)(F)F)C(=O)N[C@H](C)c1ccc(OCC(F)(F)F)cn1. The van der Waals surface area contributed by atoms with Gasteiger partial charge in [0.2, 0.25) is 5.91 Å². The summed E-state index contributed by atoms with van der Waals surface area (Å²) in [5.74, 6) is -1.02. The van der Waals surface area contributed by atoms with Gasteiger partial charge in [-0.05, 0) is 37.6 Å². The zero-order chi connectivity index (χ0) is 26.4. The molecule has 13 heteroatoms. The number of carboxylic acid groups (broad SMARTS) is 1. The number of likely N-dealkylation sites (N-methyl/N-ethyl adjacent to an activating group) is 1. The fourth-order valence-corrected chi connectivity index (χ4v) is 3.30. The lowest BCUT2D eigenvalue weighted by molar-refractivity contribution is -0.153. The summed E-state index contributed by atoms with van der Waals surface area (Å²) in [7, 11) is 0. The molecule has 7 nitrogen and oxygen atoms in total. The highest BCUT2D eigenvalue weighted by Gasteiger charge is 2.36. The van der Waals surface area contributed by atoms with E-state index in [4.69, 9.17) is 0 Å². The molecule has 0 aliphatic rings. The van der Waals surface area contributed by atoms with E-state index in [2.05, 4.69) is 15.0 Å². The highest BCUT2D eigenvalue weighted by atomic mass is 19.4. The van der Waals surface area contributed by atoms with Crippen LogP contribution in [0.2, 0.25) is 0 Å². The van der Waals surface area contributed by atoms with Gasteiger partial charge in [-0.3, -0.25) is 14.7 Å². The number of nitrogens with zero attached hydrogens (tertiary/aromatic N) is 2. The summed E-state index contributed by atoms with van der Waals surface area (Å²) in [6.45, 7) is 1.24. The van der Waals surface area contributed by atoms with Crippen LogP contribution in [0.3, 0.4) is 0 Å². The van der Waals surface area contributed by atoms with E-state index in [-0.39, 0.29) is 23.6 Å². The standard InChI is InChI=1S/C22H23F6N3O4/c1-3-31(20(33)34)18(10-14-6-4-5-7-16(14)22(26,27)28)19(32)30-13(2)17-9-8-15(11-29-17)35-12-21(23,24)25/h4-9,11,13,18H,3,10,12H2,1-2H3,(H,30,32)(H,33,34)/t13-,18?/m1/s1. The molecule has 35 heavy (non-hydrogen) atoms. The number of nitrogens with one attached hydrogen (secondary N) is 1. The fraction of sp³-hybridized carbons (Fsp3) is 0.409. The Hall–Kier alpha value is -3.51. The average Bonchev–Trinajstić information content (AvgIpc) is 2.76. The molecule has 2 N–H and O–H groups in total. The van der Waals surface area contributed by atoms with Crippen LogP contribution < -0.4 is 10.1 Å². The maximum Gasteiger partial charge on any atom is 0.422 e. The van der Waals surface area contributed by atoms with Crippen molar-refractivity contribution < 1.29 is 45.8 Å². The van der Waals surface area contributed by atoms with Crippen molar-refractivity contribution in [3.05, 3.63) is 59.4 Å². The minimum atomic E-state index is -4.70. The first-order valence-corrected chi connectivity index (χ1v) is 10.3. The number of pyridine rings is 1. The Bertz CT molecular complexity index is 1010. The van der Waals surface area contributed by atoms with E-state index in [9.17, 15) is 41.0 Å². The first-order valence-electron chi connectivity index (χ1n) is 10.3. The number of hydrogen-bond acceptors (Lipinski definition) is 4. The van der Waals surface area contributed by atoms with Crippen molar-refractivity contribution >= 4 is 12.0 Å². The molecule has 1 aromatic heterocycles. The Kier molecular flexibility index (Phi) is 8.94. The molecule has 0 saturated heterocycles. The molecule has 0 radical (unpaired) electrons. The summed E-state index contributed by atoms with van der Waals surface area (Å²) in [5, 5.41) is 12.0. The van der Waals surface area contributed by atoms with Crippen molar-refractivity contribution in [1.82, 2.24) is 15.2 Å². The molecule has 2 amide bonds. The van der Waals surface area contributed by atoms with Crippen LogP contribution in [-0.2, 0) is 17.4 Å². The van der Waals surface area contributed by atoms with Gasteiger partial charge in [0.05, 0.1) is 23.5 Å². The molecular formula is C22H23F6N3O4. The normalized spacial score (nSPS) is 13.6. The van der Waals surface area contributed by atoms with Crippen LogP contribution in [0.4, 0.5) is 31.1 Å². The molecule has 1 aromatic carbocycles. The van der Waals surface area contributed by atoms with Crippen LogP contribution in [0.5, 0.6) is 5.75 Å². The molecular weight excluding hydrogens is 484 g/mol. The second-order valence-electron chi connectivity index (χ2n) is 7.50. The van der Waals surface area contributed by atoms with Crippen LogP contribution in [-0.4, -0.2) is 52.4 Å². The minimum Gasteiger partial charge on any atom is -0.483 e. The van der Waals surface area contributed by atoms with Crippen LogP contribution in [0, 0.1) is 0 Å². The third kappa shape index (κ3) is 8.04. The number of alkyl halides is 6. The molecule has 2 atom stereocenters. The molecule has 0 fully saturated rings. The van der Waals surface area contributed by atoms with Crippen molar-refractivity contribution in [3.8, 4) is 5.75 Å². The number of carbonyl (C=O) groups excluding carboxylic acids is 1. The van der Waals surface area contributed by atoms with Gasteiger partial charge in [0.1, 0.15) is 11.8 Å². The van der Waals surface area contributed by atoms with Gasteiger partial charge in [0, 0.05) is 13.0 Å². The van der Waals surface area contributed by atoms with E-state index in [0.717, 1.165) is 17.2 Å². The summed E-state index contributed by atoms with van der Waals surface area (Å²) >= 11 is 0. The average molecular weight is 507 g/mol. The van der Waals surface area contributed by atoms with Gasteiger partial charge in [-0.1, -0.05) is 18.2 Å². The van der Waals surface area contributed by atoms with Gasteiger partial charge < -0.3 is 15.2 Å². The van der Waals surface area contributed by atoms with Crippen molar-refractivity contribution in [2.24, 2.45) is 0 Å². The number of halogens is 6. The van der Waals surface area contributed by atoms with Crippen molar-refractivity contribution in [3.63, 3.8) is 0 Å². The summed E-state index contributed by atoms with van der Waals surface area (Å²) < 4.78 is 81.6. The van der Waals surface area contributed by atoms with Crippen molar-refractivity contribution in [2.75, 3.05) is 13.2 Å². The maximum atomic E-state index is 13.4. The number of hydrogen-bond donors (Lipinski definition) is 2. The molecule has 0 aliphatic carbocycles. The second-order valence-corrected chi connectivity index (χ2v) is 7.50. The van der Waals surface area contributed by atoms with Gasteiger partial charge in [0.25, 0.3) is 0 Å². The molecule has 0 saturated carbocycles. The first-order chi connectivity index (χ1) is 16.2. The Balaban J connectivity index is 2.23. The molecule has 0 spiro atoms. The van der Waals surface area contributed by atoms with Gasteiger partial charge in [0.15, 0.2) is 6.61 Å². The highest BCUT2D eigenvalue weighted by molar-refractivity contribution is 5.86. The Morgan fingerprint density at radius 1 is 1.11 bits per heavy atom. The Morgan fingerprint density at radius 3 is 2.29 bits per heavy atom. The van der Waals surface area contributed by atoms with Crippen LogP contribution in [0.15, 0.2) is 42.6 Å². The topological polar surface area (TPSA) is 91.8 Å². The monoisotopic (exact) mass is 507 g/mol. The predicted octanol–water partition coefficient (Wildman–Crippen LogP) is 4.83. The Labute approximate surface area is 196 Å². The first kappa shape index (κ1) is 27.7. The molecule has 2 rings (SSSR count). The zero-order valence-electron chi connectivity index (χ0n) is 18.7. The summed E-state index contributed by atoms with van der Waals surface area (Å²) in [6, 6.07) is 4.74. The number of ether oxygens (including phenoxy) is 1. The van der Waals surface area contributed by atoms with Crippen molar-refractivity contribution in [2.45, 2.75) is 44.7 Å². The molecule has 2 aromatic rings. The molecule has 1 heterocycles. The number of benzene rings is 1. The van der Waals surface area contributed by atoms with E-state index < -0.39 is 55.0 Å². The lowest BCUT2D eigenvalue weighted by atomic mass is 9.98. The lowest BCUT2D eigenvalue weighted by Gasteiger charge is -2.29. The van der Waals surface area contributed by atoms with E-state index in [1.165, 1.54) is 44.2 Å². The maximum absolute atomic E-state index is 13.4. The smallest absolute Gasteiger partial charge is 0.422 e. The second kappa shape index (κ2) is 11.3. The van der Waals surface area contributed by atoms with E-state index in [1.54, 1.807) is 0 Å². The summed E-state index contributed by atoms with van der Waals surface area (Å²) in [5.41, 5.74) is -1.02. The summed E-state index contributed by atoms with van der Waals surface area (Å²) in [6.07, 6.45) is -10.2. The highest BCUT2D eigenvalue weighted by Crippen LogP contribution is 2.33. The van der Waals surface area contributed by atoms with Gasteiger partial charge >= 0.3 is 18.4 Å². The lowest BCUT2D eigenvalue weighted by Crippen LogP contribution is -2.51. The largest absolute Gasteiger partial charge is 0.483 e. The molecule has 0 aliphatic heterocycles. The molecule has 1 unspecified atom stereocenters. The molecule has 192 valence electrons. The summed E-state index contributed by atoms with van der Waals surface area (Å²) in [4.78, 5) is 29.3. The van der Waals surface area contributed by atoms with Crippen molar-refractivity contribution in [1.29, 1.82) is 0 Å². The number of carbonyl (C=O) groups is 2. The van der Waals surface area contributed by atoms with Crippen LogP contribution in [0.1, 0.15) is 36.7 Å². The fourth-order valence-electron chi connectivity index (χ4n) is 3.30. The number of aromatic nitrogens is 1. The van der Waals surface area contributed by atoms with E-state index >= 15 is 0 Å². The quantitative estimate of drug-likeness (QED) is 0.475. The van der Waals surface area contributed by atoms with Gasteiger partial charge in [-0.25, -0.2) is 4.79 Å².